The summed E-state index contributed by atoms with van der Waals surface area (Å²) in [5.41, 5.74) is 3.30. The predicted octanol–water partition coefficient (Wildman–Crippen LogP) is 3.03. The molecule has 1 aliphatic heterocycles. The van der Waals surface area contributed by atoms with Gasteiger partial charge in [-0.2, -0.15) is 4.31 Å². The number of ketones is 1. The quantitative estimate of drug-likeness (QED) is 0.928. The lowest BCUT2D eigenvalue weighted by molar-refractivity contribution is 0.0974. The maximum absolute atomic E-state index is 13.0. The average Bonchev–Trinajstić information content (AvgIpc) is 3.21. The molecule has 1 aromatic heterocycles. The number of carbonyl (C=O) groups is 1. The molecule has 2 heterocycles. The molecule has 0 bridgehead atoms. The minimum Gasteiger partial charge on any atom is -0.358 e. The summed E-state index contributed by atoms with van der Waals surface area (Å²) in [4.78, 5) is 16.0. The summed E-state index contributed by atoms with van der Waals surface area (Å²) in [6, 6.07) is 3.66. The lowest BCUT2D eigenvalue weighted by Gasteiger charge is -2.18. The summed E-state index contributed by atoms with van der Waals surface area (Å²) in [6.07, 6.45) is 4.77. The van der Waals surface area contributed by atoms with Gasteiger partial charge in [-0.3, -0.25) is 4.79 Å². The molecule has 0 unspecified atom stereocenters. The number of aromatic amines is 1. The van der Waals surface area contributed by atoms with Gasteiger partial charge >= 0.3 is 0 Å². The van der Waals surface area contributed by atoms with E-state index in [1.54, 1.807) is 10.4 Å². The molecular weight excluding hydrogens is 324 g/mol. The van der Waals surface area contributed by atoms with Gasteiger partial charge < -0.3 is 4.98 Å². The Morgan fingerprint density at radius 3 is 2.58 bits per heavy atom. The molecule has 1 fully saturated rings. The molecule has 128 valence electrons. The zero-order chi connectivity index (χ0) is 16.9. The van der Waals surface area contributed by atoms with E-state index < -0.39 is 10.0 Å². The molecule has 0 radical (unpaired) electrons. The standard InChI is InChI=1S/C18H22N2O3S/c1-2-12-10-13-15(19-14-6-5-7-16(21)18(13)14)11-17(12)24(22,23)20-8-3-4-9-20/h10-11,19H,2-9H2,1H3. The van der Waals surface area contributed by atoms with E-state index in [9.17, 15) is 13.2 Å². The maximum Gasteiger partial charge on any atom is 0.243 e. The van der Waals surface area contributed by atoms with Crippen molar-refractivity contribution in [3.05, 3.63) is 29.0 Å². The van der Waals surface area contributed by atoms with E-state index >= 15 is 0 Å². The SMILES string of the molecule is CCc1cc2c3c([nH]c2cc1S(=O)(=O)N1CCCC1)CCCC3=O. The molecule has 24 heavy (non-hydrogen) atoms. The van der Waals surface area contributed by atoms with Crippen molar-refractivity contribution in [1.82, 2.24) is 9.29 Å². The highest BCUT2D eigenvalue weighted by atomic mass is 32.2. The molecule has 6 heteroatoms. The first-order valence-corrected chi connectivity index (χ1v) is 10.2. The minimum atomic E-state index is -3.46. The number of carbonyl (C=O) groups excluding carboxylic acids is 1. The van der Waals surface area contributed by atoms with Gasteiger partial charge in [-0.15, -0.1) is 0 Å². The topological polar surface area (TPSA) is 70.2 Å². The maximum atomic E-state index is 13.0. The van der Waals surface area contributed by atoms with E-state index in [1.807, 2.05) is 13.0 Å². The fourth-order valence-corrected chi connectivity index (χ4v) is 5.78. The zero-order valence-corrected chi connectivity index (χ0v) is 14.7. The van der Waals surface area contributed by atoms with Crippen molar-refractivity contribution in [3.8, 4) is 0 Å². The number of nitrogens with one attached hydrogen (secondary N) is 1. The van der Waals surface area contributed by atoms with E-state index in [2.05, 4.69) is 4.98 Å². The predicted molar refractivity (Wildman–Crippen MR) is 92.9 cm³/mol. The van der Waals surface area contributed by atoms with E-state index in [-0.39, 0.29) is 5.78 Å². The number of rotatable bonds is 3. The first kappa shape index (κ1) is 15.8. The molecule has 1 aliphatic carbocycles. The van der Waals surface area contributed by atoms with Crippen LogP contribution in [0, 0.1) is 0 Å². The highest BCUT2D eigenvalue weighted by Gasteiger charge is 2.31. The highest BCUT2D eigenvalue weighted by Crippen LogP contribution is 2.34. The number of aryl methyl sites for hydroxylation is 2. The Hall–Kier alpha value is -1.66. The van der Waals surface area contributed by atoms with Gasteiger partial charge in [-0.1, -0.05) is 6.92 Å². The molecular formula is C18H22N2O3S. The van der Waals surface area contributed by atoms with Gasteiger partial charge in [0.15, 0.2) is 5.78 Å². The van der Waals surface area contributed by atoms with E-state index in [0.717, 1.165) is 53.4 Å². The number of nitrogens with zero attached hydrogens (tertiary/aromatic N) is 1. The molecule has 5 nitrogen and oxygen atoms in total. The third-order valence-corrected chi connectivity index (χ3v) is 7.21. The minimum absolute atomic E-state index is 0.166. The van der Waals surface area contributed by atoms with Crippen molar-refractivity contribution in [3.63, 3.8) is 0 Å². The Morgan fingerprint density at radius 1 is 1.12 bits per heavy atom. The molecule has 0 spiro atoms. The van der Waals surface area contributed by atoms with Crippen LogP contribution in [0.3, 0.4) is 0 Å². The molecule has 0 atom stereocenters. The van der Waals surface area contributed by atoms with Gasteiger partial charge in [0.2, 0.25) is 10.0 Å². The number of aromatic nitrogens is 1. The second kappa shape index (κ2) is 5.70. The third kappa shape index (κ3) is 2.31. The van der Waals surface area contributed by atoms with Crippen LogP contribution in [0.2, 0.25) is 0 Å². The summed E-state index contributed by atoms with van der Waals surface area (Å²) >= 11 is 0. The fourth-order valence-electron chi connectivity index (χ4n) is 3.96. The molecule has 1 saturated heterocycles. The van der Waals surface area contributed by atoms with Gasteiger partial charge in [0.25, 0.3) is 0 Å². The fraction of sp³-hybridized carbons (Fsp3) is 0.500. The van der Waals surface area contributed by atoms with Crippen molar-refractivity contribution in [2.45, 2.75) is 50.3 Å². The second-order valence-corrected chi connectivity index (χ2v) is 8.63. The first-order chi connectivity index (χ1) is 11.5. The molecule has 1 N–H and O–H groups in total. The van der Waals surface area contributed by atoms with E-state index in [0.29, 0.717) is 30.8 Å². The molecule has 2 aromatic rings. The summed E-state index contributed by atoms with van der Waals surface area (Å²) in [5, 5.41) is 0.881. The molecule has 0 saturated carbocycles. The summed E-state index contributed by atoms with van der Waals surface area (Å²) < 4.78 is 27.6. The van der Waals surface area contributed by atoms with Crippen LogP contribution in [-0.2, 0) is 22.9 Å². The molecule has 0 amide bonds. The number of sulfonamides is 1. The second-order valence-electron chi connectivity index (χ2n) is 6.73. The van der Waals surface area contributed by atoms with Crippen LogP contribution < -0.4 is 0 Å². The number of H-pyrrole nitrogens is 1. The van der Waals surface area contributed by atoms with E-state index in [4.69, 9.17) is 0 Å². The van der Waals surface area contributed by atoms with Crippen molar-refractivity contribution in [2.24, 2.45) is 0 Å². The number of Topliss-reactive ketones (excluding diaryl/α,β-unsaturated/α-hetero) is 1. The van der Waals surface area contributed by atoms with Gasteiger partial charge in [-0.25, -0.2) is 8.42 Å². The van der Waals surface area contributed by atoms with Crippen LogP contribution in [0.25, 0.3) is 10.9 Å². The monoisotopic (exact) mass is 346 g/mol. The Balaban J connectivity index is 1.92. The van der Waals surface area contributed by atoms with Gasteiger partial charge in [-0.05, 0) is 49.8 Å². The molecule has 1 aromatic carbocycles. The summed E-state index contributed by atoms with van der Waals surface area (Å²) in [6.45, 7) is 3.16. The molecule has 4 rings (SSSR count). The van der Waals surface area contributed by atoms with Crippen LogP contribution in [0.4, 0.5) is 0 Å². The van der Waals surface area contributed by atoms with Crippen LogP contribution >= 0.6 is 0 Å². The molecule has 2 aliphatic rings. The Kier molecular flexibility index (Phi) is 3.77. The van der Waals surface area contributed by atoms with Crippen LogP contribution in [0.1, 0.15) is 54.2 Å². The summed E-state index contributed by atoms with van der Waals surface area (Å²) in [5.74, 6) is 0.166. The van der Waals surface area contributed by atoms with Crippen LogP contribution in [0.5, 0.6) is 0 Å². The van der Waals surface area contributed by atoms with Gasteiger partial charge in [0, 0.05) is 41.7 Å². The van der Waals surface area contributed by atoms with Gasteiger partial charge in [0.05, 0.1) is 4.90 Å². The van der Waals surface area contributed by atoms with Crippen molar-refractivity contribution < 1.29 is 13.2 Å². The number of hydrogen-bond donors (Lipinski definition) is 1. The highest BCUT2D eigenvalue weighted by molar-refractivity contribution is 7.89. The van der Waals surface area contributed by atoms with E-state index in [1.165, 1.54) is 0 Å². The Labute approximate surface area is 142 Å². The number of benzene rings is 1. The van der Waals surface area contributed by atoms with Crippen LogP contribution in [-0.4, -0.2) is 36.6 Å². The first-order valence-electron chi connectivity index (χ1n) is 8.73. The van der Waals surface area contributed by atoms with Gasteiger partial charge in [0.1, 0.15) is 0 Å². The van der Waals surface area contributed by atoms with Crippen molar-refractivity contribution >= 4 is 26.7 Å². The summed E-state index contributed by atoms with van der Waals surface area (Å²) in [7, 11) is -3.46. The lowest BCUT2D eigenvalue weighted by atomic mass is 9.94. The normalized spacial score (nSPS) is 19.1. The number of hydrogen-bond acceptors (Lipinski definition) is 3. The zero-order valence-electron chi connectivity index (χ0n) is 13.9. The number of fused-ring (bicyclic) bond motifs is 3. The van der Waals surface area contributed by atoms with Crippen molar-refractivity contribution in [2.75, 3.05) is 13.1 Å². The van der Waals surface area contributed by atoms with Crippen LogP contribution in [0.15, 0.2) is 17.0 Å². The Bertz CT molecular complexity index is 921. The smallest absolute Gasteiger partial charge is 0.243 e. The Morgan fingerprint density at radius 2 is 1.88 bits per heavy atom. The lowest BCUT2D eigenvalue weighted by Crippen LogP contribution is -2.28. The average molecular weight is 346 g/mol. The van der Waals surface area contributed by atoms with Crippen molar-refractivity contribution in [1.29, 1.82) is 0 Å². The third-order valence-electron chi connectivity index (χ3n) is 5.23. The largest absolute Gasteiger partial charge is 0.358 e.